The third kappa shape index (κ3) is 5.45. The van der Waals surface area contributed by atoms with Gasteiger partial charge in [-0.1, -0.05) is 18.2 Å². The molecule has 0 bridgehead atoms. The van der Waals surface area contributed by atoms with Crippen LogP contribution in [0.2, 0.25) is 0 Å². The van der Waals surface area contributed by atoms with Crippen LogP contribution in [0.1, 0.15) is 5.56 Å². The van der Waals surface area contributed by atoms with E-state index in [0.717, 1.165) is 30.1 Å². The first-order valence-corrected chi connectivity index (χ1v) is 9.68. The number of hydrogen-bond donors (Lipinski definition) is 0. The molecule has 0 aliphatic carbocycles. The fourth-order valence-corrected chi connectivity index (χ4v) is 3.31. The Labute approximate surface area is 166 Å². The van der Waals surface area contributed by atoms with E-state index in [1.807, 2.05) is 48.0 Å². The Morgan fingerprint density at radius 1 is 1.07 bits per heavy atom. The molecule has 0 aromatic heterocycles. The average Bonchev–Trinajstić information content (AvgIpc) is 2.70. The molecule has 1 aliphatic heterocycles. The van der Waals surface area contributed by atoms with Crippen LogP contribution in [0.3, 0.4) is 0 Å². The molecule has 1 saturated heterocycles. The smallest absolute Gasteiger partial charge is 0.236 e. The maximum absolute atomic E-state index is 13.1. The Bertz CT molecular complexity index is 774. The van der Waals surface area contributed by atoms with Crippen LogP contribution in [0.5, 0.6) is 5.75 Å². The highest BCUT2D eigenvalue weighted by atomic mass is 19.1. The van der Waals surface area contributed by atoms with Crippen molar-refractivity contribution < 1.29 is 13.9 Å². The molecule has 0 spiro atoms. The molecule has 3 rings (SSSR count). The minimum absolute atomic E-state index is 0.136. The van der Waals surface area contributed by atoms with Crippen LogP contribution in [-0.2, 0) is 4.79 Å². The fourth-order valence-electron chi connectivity index (χ4n) is 3.31. The minimum atomic E-state index is -0.230. The van der Waals surface area contributed by atoms with Crippen molar-refractivity contribution in [3.8, 4) is 5.75 Å². The second kappa shape index (κ2) is 9.55. The molecule has 0 unspecified atom stereocenters. The van der Waals surface area contributed by atoms with Crippen molar-refractivity contribution >= 4 is 11.6 Å². The number of rotatable bonds is 7. The SMILES string of the molecule is Cc1ccccc1OCCN(C)CC(=O)N1CCN(c2ccc(F)cc2)CC1. The average molecular weight is 385 g/mol. The lowest BCUT2D eigenvalue weighted by molar-refractivity contribution is -0.132. The first-order chi connectivity index (χ1) is 13.5. The zero-order chi connectivity index (χ0) is 19.9. The van der Waals surface area contributed by atoms with Gasteiger partial charge in [0.15, 0.2) is 0 Å². The second-order valence-corrected chi connectivity index (χ2v) is 7.20. The van der Waals surface area contributed by atoms with Crippen LogP contribution in [-0.4, -0.2) is 68.6 Å². The lowest BCUT2D eigenvalue weighted by Gasteiger charge is -2.36. The number of halogens is 1. The molecule has 1 aliphatic rings. The summed E-state index contributed by atoms with van der Waals surface area (Å²) >= 11 is 0. The summed E-state index contributed by atoms with van der Waals surface area (Å²) in [6.45, 7) is 6.53. The number of amides is 1. The van der Waals surface area contributed by atoms with Crippen molar-refractivity contribution in [1.82, 2.24) is 9.80 Å². The number of nitrogens with zero attached hydrogens (tertiary/aromatic N) is 3. The first-order valence-electron chi connectivity index (χ1n) is 9.68. The normalized spacial score (nSPS) is 14.4. The number of piperazine rings is 1. The maximum Gasteiger partial charge on any atom is 0.236 e. The first kappa shape index (κ1) is 20.1. The van der Waals surface area contributed by atoms with Crippen LogP contribution < -0.4 is 9.64 Å². The highest BCUT2D eigenvalue weighted by Crippen LogP contribution is 2.17. The number of carbonyl (C=O) groups excluding carboxylic acids is 1. The summed E-state index contributed by atoms with van der Waals surface area (Å²) in [5, 5.41) is 0. The van der Waals surface area contributed by atoms with Gasteiger partial charge in [0.05, 0.1) is 6.54 Å². The Morgan fingerprint density at radius 2 is 1.75 bits per heavy atom. The van der Waals surface area contributed by atoms with E-state index in [1.165, 1.54) is 12.1 Å². The van der Waals surface area contributed by atoms with Gasteiger partial charge < -0.3 is 14.5 Å². The topological polar surface area (TPSA) is 36.0 Å². The van der Waals surface area contributed by atoms with Gasteiger partial charge in [0.1, 0.15) is 18.2 Å². The van der Waals surface area contributed by atoms with Gasteiger partial charge >= 0.3 is 0 Å². The Hall–Kier alpha value is -2.60. The van der Waals surface area contributed by atoms with Crippen LogP contribution in [0, 0.1) is 12.7 Å². The summed E-state index contributed by atoms with van der Waals surface area (Å²) < 4.78 is 18.9. The molecule has 0 N–H and O–H groups in total. The summed E-state index contributed by atoms with van der Waals surface area (Å²) in [6, 6.07) is 14.4. The lowest BCUT2D eigenvalue weighted by Crippen LogP contribution is -2.51. The number of likely N-dealkylation sites (N-methyl/N-ethyl adjacent to an activating group) is 1. The van der Waals surface area contributed by atoms with Crippen molar-refractivity contribution in [2.75, 3.05) is 57.8 Å². The molecule has 2 aromatic carbocycles. The van der Waals surface area contributed by atoms with E-state index in [2.05, 4.69) is 4.90 Å². The maximum atomic E-state index is 13.1. The largest absolute Gasteiger partial charge is 0.492 e. The van der Waals surface area contributed by atoms with Crippen molar-refractivity contribution in [1.29, 1.82) is 0 Å². The number of carbonyl (C=O) groups is 1. The van der Waals surface area contributed by atoms with Crippen molar-refractivity contribution in [3.05, 3.63) is 59.9 Å². The highest BCUT2D eigenvalue weighted by Gasteiger charge is 2.22. The van der Waals surface area contributed by atoms with E-state index in [9.17, 15) is 9.18 Å². The molecule has 6 heteroatoms. The summed E-state index contributed by atoms with van der Waals surface area (Å²) in [7, 11) is 1.94. The molecule has 150 valence electrons. The molecule has 0 radical (unpaired) electrons. The second-order valence-electron chi connectivity index (χ2n) is 7.20. The van der Waals surface area contributed by atoms with E-state index in [1.54, 1.807) is 12.1 Å². The standard InChI is InChI=1S/C22H28FN3O2/c1-18-5-3-4-6-21(18)28-16-15-24(2)17-22(27)26-13-11-25(12-14-26)20-9-7-19(23)8-10-20/h3-10H,11-17H2,1-2H3. The monoisotopic (exact) mass is 385 g/mol. The van der Waals surface area contributed by atoms with Gasteiger partial charge in [-0.2, -0.15) is 0 Å². The van der Waals surface area contributed by atoms with Crippen LogP contribution in [0.15, 0.2) is 48.5 Å². The fraction of sp³-hybridized carbons (Fsp3) is 0.409. The zero-order valence-electron chi connectivity index (χ0n) is 16.6. The quantitative estimate of drug-likeness (QED) is 0.734. The summed E-state index contributed by atoms with van der Waals surface area (Å²) in [6.07, 6.45) is 0. The summed E-state index contributed by atoms with van der Waals surface area (Å²) in [5.41, 5.74) is 2.11. The molecular formula is C22H28FN3O2. The van der Waals surface area contributed by atoms with Crippen molar-refractivity contribution in [2.24, 2.45) is 0 Å². The predicted molar refractivity (Wildman–Crippen MR) is 109 cm³/mol. The van der Waals surface area contributed by atoms with Gasteiger partial charge in [-0.25, -0.2) is 4.39 Å². The molecule has 5 nitrogen and oxygen atoms in total. The number of ether oxygens (including phenoxy) is 1. The number of hydrogen-bond acceptors (Lipinski definition) is 4. The summed E-state index contributed by atoms with van der Waals surface area (Å²) in [5.74, 6) is 0.795. The molecule has 0 saturated carbocycles. The van der Waals surface area contributed by atoms with Gasteiger partial charge in [-0.15, -0.1) is 0 Å². The summed E-state index contributed by atoms with van der Waals surface area (Å²) in [4.78, 5) is 18.6. The van der Waals surface area contributed by atoms with Crippen molar-refractivity contribution in [2.45, 2.75) is 6.92 Å². The Morgan fingerprint density at radius 3 is 2.43 bits per heavy atom. The molecule has 0 atom stereocenters. The predicted octanol–water partition coefficient (Wildman–Crippen LogP) is 2.79. The molecular weight excluding hydrogens is 357 g/mol. The lowest BCUT2D eigenvalue weighted by atomic mass is 10.2. The molecule has 28 heavy (non-hydrogen) atoms. The van der Waals surface area contributed by atoms with E-state index in [0.29, 0.717) is 32.8 Å². The van der Waals surface area contributed by atoms with Gasteiger partial charge in [0, 0.05) is 38.4 Å². The zero-order valence-corrected chi connectivity index (χ0v) is 16.6. The minimum Gasteiger partial charge on any atom is -0.492 e. The van der Waals surface area contributed by atoms with Gasteiger partial charge in [-0.3, -0.25) is 9.69 Å². The Kier molecular flexibility index (Phi) is 6.87. The molecule has 2 aromatic rings. The molecule has 1 fully saturated rings. The number of benzene rings is 2. The van der Waals surface area contributed by atoms with Gasteiger partial charge in [-0.05, 0) is 49.9 Å². The van der Waals surface area contributed by atoms with Gasteiger partial charge in [0.2, 0.25) is 5.91 Å². The van der Waals surface area contributed by atoms with Gasteiger partial charge in [0.25, 0.3) is 0 Å². The van der Waals surface area contributed by atoms with E-state index < -0.39 is 0 Å². The van der Waals surface area contributed by atoms with E-state index >= 15 is 0 Å². The molecule has 1 amide bonds. The van der Waals surface area contributed by atoms with Crippen LogP contribution in [0.25, 0.3) is 0 Å². The number of aryl methyl sites for hydroxylation is 1. The van der Waals surface area contributed by atoms with E-state index in [-0.39, 0.29) is 11.7 Å². The highest BCUT2D eigenvalue weighted by molar-refractivity contribution is 5.78. The number of para-hydroxylation sites is 1. The van der Waals surface area contributed by atoms with E-state index in [4.69, 9.17) is 4.74 Å². The van der Waals surface area contributed by atoms with Crippen LogP contribution in [0.4, 0.5) is 10.1 Å². The Balaban J connectivity index is 1.39. The third-order valence-electron chi connectivity index (χ3n) is 5.05. The number of anilines is 1. The van der Waals surface area contributed by atoms with Crippen LogP contribution >= 0.6 is 0 Å². The van der Waals surface area contributed by atoms with Crippen molar-refractivity contribution in [3.63, 3.8) is 0 Å². The molecule has 1 heterocycles. The third-order valence-corrected chi connectivity index (χ3v) is 5.05.